The second-order valence-corrected chi connectivity index (χ2v) is 5.79. The molecule has 1 atom stereocenters. The summed E-state index contributed by atoms with van der Waals surface area (Å²) in [6.07, 6.45) is 7.66. The van der Waals surface area contributed by atoms with Crippen molar-refractivity contribution >= 4 is 38.5 Å². The third kappa shape index (κ3) is 2.42. The molecule has 0 bridgehead atoms. The summed E-state index contributed by atoms with van der Waals surface area (Å²) in [4.78, 5) is 0. The van der Waals surface area contributed by atoms with Crippen molar-refractivity contribution in [1.82, 2.24) is 0 Å². The van der Waals surface area contributed by atoms with Crippen LogP contribution in [0.5, 0.6) is 0 Å². The van der Waals surface area contributed by atoms with Gasteiger partial charge in [0.15, 0.2) is 0 Å². The Labute approximate surface area is 77.7 Å². The summed E-state index contributed by atoms with van der Waals surface area (Å²) in [6, 6.07) is 0. The predicted octanol–water partition coefficient (Wildman–Crippen LogP) is 3.42. The van der Waals surface area contributed by atoms with E-state index in [1.54, 1.807) is 0 Å². The molecule has 1 unspecified atom stereocenters. The molecular formula is C7H8BrI. The summed E-state index contributed by atoms with van der Waals surface area (Å²) in [5, 5.41) is 0. The van der Waals surface area contributed by atoms with Gasteiger partial charge in [0.05, 0.1) is 0 Å². The molecule has 0 aromatic carbocycles. The molecular weight excluding hydrogens is 291 g/mol. The molecule has 50 valence electrons. The van der Waals surface area contributed by atoms with Gasteiger partial charge in [-0.2, -0.15) is 0 Å². The van der Waals surface area contributed by atoms with Crippen LogP contribution in [0.4, 0.5) is 0 Å². The Morgan fingerprint density at radius 1 is 1.78 bits per heavy atom. The Bertz CT molecular complexity index is 168. The first-order valence-corrected chi connectivity index (χ1v) is 4.71. The van der Waals surface area contributed by atoms with E-state index >= 15 is 0 Å². The molecule has 0 radical (unpaired) electrons. The van der Waals surface area contributed by atoms with Crippen LogP contribution in [0.2, 0.25) is 0 Å². The SMILES string of the molecule is CC1(I)C=C(Br)C=CC1. The molecule has 0 fully saturated rings. The standard InChI is InChI=1S/C7H8BrI/c1-7(9)4-2-3-6(8)5-7/h2-3,5H,4H2,1H3. The molecule has 0 aromatic rings. The fourth-order valence-corrected chi connectivity index (χ4v) is 2.51. The summed E-state index contributed by atoms with van der Waals surface area (Å²) < 4.78 is 1.52. The lowest BCUT2D eigenvalue weighted by Crippen LogP contribution is -2.11. The minimum atomic E-state index is 0.325. The first kappa shape index (κ1) is 7.79. The van der Waals surface area contributed by atoms with E-state index in [4.69, 9.17) is 0 Å². The number of allylic oxidation sites excluding steroid dienone is 4. The van der Waals surface area contributed by atoms with E-state index < -0.39 is 0 Å². The Balaban J connectivity index is 2.78. The van der Waals surface area contributed by atoms with Gasteiger partial charge in [-0.1, -0.05) is 56.7 Å². The van der Waals surface area contributed by atoms with Crippen molar-refractivity contribution in [3.8, 4) is 0 Å². The van der Waals surface area contributed by atoms with Gasteiger partial charge < -0.3 is 0 Å². The summed E-state index contributed by atoms with van der Waals surface area (Å²) in [5.74, 6) is 0. The second kappa shape index (κ2) is 2.74. The fraction of sp³-hybridized carbons (Fsp3) is 0.429. The van der Waals surface area contributed by atoms with Crippen LogP contribution < -0.4 is 0 Å². The zero-order valence-corrected chi connectivity index (χ0v) is 8.94. The lowest BCUT2D eigenvalue weighted by atomic mass is 10.0. The Morgan fingerprint density at radius 3 is 2.78 bits per heavy atom. The van der Waals surface area contributed by atoms with E-state index in [2.05, 4.69) is 63.7 Å². The first-order chi connectivity index (χ1) is 4.10. The largest absolute Gasteiger partial charge is 0.0818 e. The molecule has 0 saturated carbocycles. The molecule has 0 saturated heterocycles. The quantitative estimate of drug-likeness (QED) is 0.475. The van der Waals surface area contributed by atoms with Crippen molar-refractivity contribution in [3.05, 3.63) is 22.7 Å². The maximum Gasteiger partial charge on any atom is 0.0421 e. The number of halogens is 2. The first-order valence-electron chi connectivity index (χ1n) is 2.84. The van der Waals surface area contributed by atoms with Gasteiger partial charge >= 0.3 is 0 Å². The van der Waals surface area contributed by atoms with Crippen LogP contribution >= 0.6 is 38.5 Å². The molecule has 0 aliphatic heterocycles. The van der Waals surface area contributed by atoms with E-state index in [0.29, 0.717) is 3.42 Å². The lowest BCUT2D eigenvalue weighted by Gasteiger charge is -2.18. The number of rotatable bonds is 0. The zero-order chi connectivity index (χ0) is 6.91. The molecule has 0 nitrogen and oxygen atoms in total. The predicted molar refractivity (Wildman–Crippen MR) is 53.2 cm³/mol. The average molecular weight is 299 g/mol. The summed E-state index contributed by atoms with van der Waals surface area (Å²) in [6.45, 7) is 2.22. The fourth-order valence-electron chi connectivity index (χ4n) is 0.796. The number of alkyl halides is 1. The van der Waals surface area contributed by atoms with Gasteiger partial charge in [0.2, 0.25) is 0 Å². The lowest BCUT2D eigenvalue weighted by molar-refractivity contribution is 0.834. The third-order valence-electron chi connectivity index (χ3n) is 1.23. The van der Waals surface area contributed by atoms with E-state index in [0.717, 1.165) is 6.42 Å². The van der Waals surface area contributed by atoms with Crippen LogP contribution in [0.25, 0.3) is 0 Å². The van der Waals surface area contributed by atoms with Gasteiger partial charge in [0.25, 0.3) is 0 Å². The van der Waals surface area contributed by atoms with Gasteiger partial charge in [0.1, 0.15) is 0 Å². The monoisotopic (exact) mass is 298 g/mol. The molecule has 1 aliphatic rings. The Hall–Kier alpha value is 0.690. The van der Waals surface area contributed by atoms with Crippen molar-refractivity contribution < 1.29 is 0 Å². The molecule has 0 aromatic heterocycles. The third-order valence-corrected chi connectivity index (χ3v) is 2.48. The van der Waals surface area contributed by atoms with Gasteiger partial charge in [-0.3, -0.25) is 0 Å². The summed E-state index contributed by atoms with van der Waals surface area (Å²) in [5.41, 5.74) is 0. The van der Waals surface area contributed by atoms with Crippen molar-refractivity contribution in [2.45, 2.75) is 16.8 Å². The normalized spacial score (nSPS) is 34.3. The minimum absolute atomic E-state index is 0.325. The molecule has 9 heavy (non-hydrogen) atoms. The maximum absolute atomic E-state index is 3.43. The zero-order valence-electron chi connectivity index (χ0n) is 5.20. The highest BCUT2D eigenvalue weighted by Gasteiger charge is 2.17. The number of hydrogen-bond donors (Lipinski definition) is 0. The van der Waals surface area contributed by atoms with Crippen molar-refractivity contribution in [2.75, 3.05) is 0 Å². The molecule has 0 spiro atoms. The van der Waals surface area contributed by atoms with Crippen LogP contribution in [-0.2, 0) is 0 Å². The molecule has 0 amide bonds. The maximum atomic E-state index is 3.43. The Morgan fingerprint density at radius 2 is 2.44 bits per heavy atom. The molecule has 1 rings (SSSR count). The second-order valence-electron chi connectivity index (χ2n) is 2.41. The smallest absolute Gasteiger partial charge is 0.0421 e. The van der Waals surface area contributed by atoms with E-state index in [9.17, 15) is 0 Å². The van der Waals surface area contributed by atoms with Gasteiger partial charge in [-0.25, -0.2) is 0 Å². The minimum Gasteiger partial charge on any atom is -0.0818 e. The summed E-state index contributed by atoms with van der Waals surface area (Å²) >= 11 is 5.88. The molecule has 1 aliphatic carbocycles. The molecule has 0 heterocycles. The van der Waals surface area contributed by atoms with Crippen LogP contribution in [0.15, 0.2) is 22.7 Å². The van der Waals surface area contributed by atoms with E-state index in [1.165, 1.54) is 4.48 Å². The van der Waals surface area contributed by atoms with E-state index in [1.807, 2.05) is 0 Å². The van der Waals surface area contributed by atoms with Gasteiger partial charge in [-0.05, 0) is 13.3 Å². The number of hydrogen-bond acceptors (Lipinski definition) is 0. The van der Waals surface area contributed by atoms with Gasteiger partial charge in [0, 0.05) is 7.90 Å². The highest BCUT2D eigenvalue weighted by Crippen LogP contribution is 2.31. The van der Waals surface area contributed by atoms with Crippen LogP contribution in [0.3, 0.4) is 0 Å². The summed E-state index contributed by atoms with van der Waals surface area (Å²) in [7, 11) is 0. The molecule has 2 heteroatoms. The van der Waals surface area contributed by atoms with Crippen molar-refractivity contribution in [2.24, 2.45) is 0 Å². The molecule has 0 N–H and O–H groups in total. The van der Waals surface area contributed by atoms with Gasteiger partial charge in [-0.15, -0.1) is 0 Å². The van der Waals surface area contributed by atoms with Crippen molar-refractivity contribution in [3.63, 3.8) is 0 Å². The highest BCUT2D eigenvalue weighted by molar-refractivity contribution is 14.1. The van der Waals surface area contributed by atoms with Crippen LogP contribution in [0.1, 0.15) is 13.3 Å². The topological polar surface area (TPSA) is 0 Å². The van der Waals surface area contributed by atoms with Crippen molar-refractivity contribution in [1.29, 1.82) is 0 Å². The highest BCUT2D eigenvalue weighted by atomic mass is 127. The van der Waals surface area contributed by atoms with Crippen LogP contribution in [0, 0.1) is 0 Å². The Kier molecular flexibility index (Phi) is 2.37. The average Bonchev–Trinajstić information content (AvgIpc) is 1.60. The van der Waals surface area contributed by atoms with Crippen LogP contribution in [-0.4, -0.2) is 3.42 Å². The van der Waals surface area contributed by atoms with E-state index in [-0.39, 0.29) is 0 Å².